The van der Waals surface area contributed by atoms with Crippen molar-refractivity contribution >= 4 is 35.4 Å². The van der Waals surface area contributed by atoms with E-state index in [0.29, 0.717) is 6.54 Å². The van der Waals surface area contributed by atoms with E-state index in [4.69, 9.17) is 17.0 Å². The first-order chi connectivity index (χ1) is 10.6. The summed E-state index contributed by atoms with van der Waals surface area (Å²) in [5.41, 5.74) is 0. The van der Waals surface area contributed by atoms with Crippen molar-refractivity contribution in [2.45, 2.75) is 0 Å². The molecule has 0 bridgehead atoms. The fourth-order valence-electron chi connectivity index (χ4n) is 2.38. The third kappa shape index (κ3) is 4.19. The average molecular weight is 325 g/mol. The average Bonchev–Trinajstić information content (AvgIpc) is 2.51. The van der Waals surface area contributed by atoms with Gasteiger partial charge in [0.25, 0.3) is 0 Å². The largest absolute Gasteiger partial charge is 0.370 e. The van der Waals surface area contributed by atoms with Crippen molar-refractivity contribution in [3.05, 3.63) is 12.7 Å². The van der Waals surface area contributed by atoms with Gasteiger partial charge in [-0.05, 0) is 12.2 Å². The minimum atomic E-state index is -0.911. The number of carbonyl (C=O) groups is 2. The number of amides is 2. The summed E-state index contributed by atoms with van der Waals surface area (Å²) in [7, 11) is 0. The molecular formula is C14H21N4O3S+. The van der Waals surface area contributed by atoms with Gasteiger partial charge in [-0.1, -0.05) is 6.08 Å². The van der Waals surface area contributed by atoms with Crippen LogP contribution < -0.4 is 10.2 Å². The van der Waals surface area contributed by atoms with Crippen molar-refractivity contribution in [2.75, 3.05) is 45.9 Å². The van der Waals surface area contributed by atoms with Crippen molar-refractivity contribution in [2.24, 2.45) is 10.9 Å². The molecule has 2 saturated heterocycles. The number of ether oxygens (including phenoxy) is 1. The van der Waals surface area contributed by atoms with Crippen molar-refractivity contribution in [3.8, 4) is 0 Å². The van der Waals surface area contributed by atoms with Gasteiger partial charge in [0.2, 0.25) is 11.8 Å². The zero-order valence-corrected chi connectivity index (χ0v) is 13.2. The maximum Gasteiger partial charge on any atom is 0.247 e. The standard InChI is InChI=1S/C14H20N4O3S/c1-2-4-18-13(20)11(12(19)16-14(18)22)10-15-3-5-17-6-8-21-9-7-17/h2,10-11H,1,3-9H2,(H,16,19,22)/p+1/t11-/m0/s1. The van der Waals surface area contributed by atoms with E-state index in [-0.39, 0.29) is 17.6 Å². The number of thiocarbonyl (C=S) groups is 1. The molecule has 2 amide bonds. The molecule has 8 heteroatoms. The molecule has 0 unspecified atom stereocenters. The number of carbonyl (C=O) groups excluding carboxylic acids is 2. The molecule has 2 rings (SSSR count). The molecule has 2 aliphatic rings. The van der Waals surface area contributed by atoms with Crippen molar-refractivity contribution < 1.29 is 19.2 Å². The highest BCUT2D eigenvalue weighted by molar-refractivity contribution is 7.80. The maximum absolute atomic E-state index is 12.2. The quantitative estimate of drug-likeness (QED) is 0.257. The number of nitrogens with zero attached hydrogens (tertiary/aromatic N) is 2. The molecule has 0 aromatic rings. The van der Waals surface area contributed by atoms with Gasteiger partial charge in [0, 0.05) is 12.8 Å². The van der Waals surface area contributed by atoms with Gasteiger partial charge in [0.05, 0.1) is 26.3 Å². The molecular weight excluding hydrogens is 304 g/mol. The molecule has 2 aliphatic heterocycles. The van der Waals surface area contributed by atoms with Gasteiger partial charge in [-0.25, -0.2) is 0 Å². The molecule has 0 spiro atoms. The number of quaternary nitrogens is 1. The summed E-state index contributed by atoms with van der Waals surface area (Å²) < 4.78 is 5.29. The van der Waals surface area contributed by atoms with E-state index in [1.165, 1.54) is 16.0 Å². The minimum Gasteiger partial charge on any atom is -0.370 e. The molecule has 1 atom stereocenters. The lowest BCUT2D eigenvalue weighted by atomic mass is 10.1. The Labute approximate surface area is 135 Å². The van der Waals surface area contributed by atoms with Gasteiger partial charge in [-0.15, -0.1) is 6.58 Å². The zero-order chi connectivity index (χ0) is 15.9. The molecule has 0 saturated carbocycles. The lowest BCUT2D eigenvalue weighted by Gasteiger charge is -2.30. The van der Waals surface area contributed by atoms with Crippen LogP contribution in [0.5, 0.6) is 0 Å². The fourth-order valence-corrected chi connectivity index (χ4v) is 2.64. The Morgan fingerprint density at radius 3 is 2.86 bits per heavy atom. The molecule has 120 valence electrons. The topological polar surface area (TPSA) is 75.4 Å². The number of nitrogens with one attached hydrogen (secondary N) is 2. The van der Waals surface area contributed by atoms with E-state index in [0.717, 1.165) is 32.8 Å². The third-order valence-corrected chi connectivity index (χ3v) is 3.97. The molecule has 2 fully saturated rings. The second-order valence-electron chi connectivity index (χ2n) is 5.18. The van der Waals surface area contributed by atoms with E-state index < -0.39 is 11.8 Å². The van der Waals surface area contributed by atoms with E-state index in [1.54, 1.807) is 6.08 Å². The first-order valence-electron chi connectivity index (χ1n) is 7.32. The SMILES string of the molecule is C=CCN1C(=O)[C@@H](C=NCC[NH+]2CCOCC2)C(=O)NC1=S. The molecule has 2 heterocycles. The number of aliphatic imine (C=N–C) groups is 1. The van der Waals surface area contributed by atoms with Crippen LogP contribution >= 0.6 is 12.2 Å². The molecule has 0 aliphatic carbocycles. The summed E-state index contributed by atoms with van der Waals surface area (Å²) >= 11 is 4.99. The lowest BCUT2D eigenvalue weighted by molar-refractivity contribution is -0.906. The van der Waals surface area contributed by atoms with E-state index in [1.807, 2.05) is 0 Å². The van der Waals surface area contributed by atoms with Gasteiger partial charge < -0.3 is 15.0 Å². The molecule has 7 nitrogen and oxygen atoms in total. The summed E-state index contributed by atoms with van der Waals surface area (Å²) in [6.45, 7) is 8.81. The van der Waals surface area contributed by atoms with Crippen LogP contribution in [0.15, 0.2) is 17.6 Å². The van der Waals surface area contributed by atoms with Crippen LogP contribution in [-0.2, 0) is 14.3 Å². The predicted octanol–water partition coefficient (Wildman–Crippen LogP) is -1.98. The van der Waals surface area contributed by atoms with Crippen molar-refractivity contribution in [1.82, 2.24) is 10.2 Å². The van der Waals surface area contributed by atoms with Gasteiger partial charge in [0.1, 0.15) is 13.1 Å². The Hall–Kier alpha value is -1.64. The van der Waals surface area contributed by atoms with E-state index in [9.17, 15) is 9.59 Å². The van der Waals surface area contributed by atoms with E-state index in [2.05, 4.69) is 16.9 Å². The second-order valence-corrected chi connectivity index (χ2v) is 5.56. The fraction of sp³-hybridized carbons (Fsp3) is 0.571. The van der Waals surface area contributed by atoms with Crippen molar-refractivity contribution in [1.29, 1.82) is 0 Å². The summed E-state index contributed by atoms with van der Waals surface area (Å²) in [5, 5.41) is 2.64. The Kier molecular flexibility index (Phi) is 6.17. The van der Waals surface area contributed by atoms with Crippen LogP contribution in [0.1, 0.15) is 0 Å². The van der Waals surface area contributed by atoms with Crippen LogP contribution in [0.25, 0.3) is 0 Å². The Morgan fingerprint density at radius 1 is 1.45 bits per heavy atom. The Morgan fingerprint density at radius 2 is 2.18 bits per heavy atom. The van der Waals surface area contributed by atoms with Crippen LogP contribution in [0.3, 0.4) is 0 Å². The van der Waals surface area contributed by atoms with Crippen LogP contribution in [0.2, 0.25) is 0 Å². The van der Waals surface area contributed by atoms with Crippen LogP contribution in [-0.4, -0.2) is 74.0 Å². The number of hydrogen-bond donors (Lipinski definition) is 2. The highest BCUT2D eigenvalue weighted by Crippen LogP contribution is 2.09. The van der Waals surface area contributed by atoms with Gasteiger partial charge in [-0.3, -0.25) is 19.5 Å². The molecule has 0 radical (unpaired) electrons. The van der Waals surface area contributed by atoms with Gasteiger partial charge >= 0.3 is 0 Å². The molecule has 2 N–H and O–H groups in total. The smallest absolute Gasteiger partial charge is 0.247 e. The Bertz CT molecular complexity index is 488. The van der Waals surface area contributed by atoms with Gasteiger partial charge in [0.15, 0.2) is 11.0 Å². The zero-order valence-electron chi connectivity index (χ0n) is 12.4. The third-order valence-electron chi connectivity index (χ3n) is 3.65. The first-order valence-corrected chi connectivity index (χ1v) is 7.72. The van der Waals surface area contributed by atoms with E-state index >= 15 is 0 Å². The summed E-state index contributed by atoms with van der Waals surface area (Å²) in [4.78, 5) is 31.1. The normalized spacial score (nSPS) is 23.9. The van der Waals surface area contributed by atoms with Crippen LogP contribution in [0, 0.1) is 5.92 Å². The molecule has 22 heavy (non-hydrogen) atoms. The number of hydrogen-bond acceptors (Lipinski definition) is 5. The predicted molar refractivity (Wildman–Crippen MR) is 85.9 cm³/mol. The summed E-state index contributed by atoms with van der Waals surface area (Å²) in [6, 6.07) is 0. The second kappa shape index (κ2) is 8.11. The highest BCUT2D eigenvalue weighted by atomic mass is 32.1. The molecule has 0 aromatic heterocycles. The van der Waals surface area contributed by atoms with Crippen molar-refractivity contribution in [3.63, 3.8) is 0 Å². The molecule has 0 aromatic carbocycles. The lowest BCUT2D eigenvalue weighted by Crippen LogP contribution is -3.14. The number of morpholine rings is 1. The minimum absolute atomic E-state index is 0.123. The monoisotopic (exact) mass is 325 g/mol. The van der Waals surface area contributed by atoms with Gasteiger partial charge in [-0.2, -0.15) is 0 Å². The Balaban J connectivity index is 1.87. The summed E-state index contributed by atoms with van der Waals surface area (Å²) in [6.07, 6.45) is 2.99. The van der Waals surface area contributed by atoms with Crippen LogP contribution in [0.4, 0.5) is 0 Å². The summed E-state index contributed by atoms with van der Waals surface area (Å²) in [5.74, 6) is -1.68. The maximum atomic E-state index is 12.2. The first kappa shape index (κ1) is 16.7. The highest BCUT2D eigenvalue weighted by Gasteiger charge is 2.36. The number of rotatable bonds is 6.